The number of Topliss-reactive ketones (excluding diaryl/α,β-unsaturated/α-hetero) is 1. The number of carbonyl (C=O) groups excluding carboxylic acids is 2. The van der Waals surface area contributed by atoms with E-state index in [-0.39, 0.29) is 24.6 Å². The molecule has 172 valence electrons. The highest BCUT2D eigenvalue weighted by molar-refractivity contribution is 7.15. The lowest BCUT2D eigenvalue weighted by Crippen LogP contribution is -2.44. The van der Waals surface area contributed by atoms with Crippen LogP contribution in [0.5, 0.6) is 0 Å². The fourth-order valence-corrected chi connectivity index (χ4v) is 5.01. The lowest BCUT2D eigenvalue weighted by Gasteiger charge is -2.31. The topological polar surface area (TPSA) is 111 Å². The Hall–Kier alpha value is -3.34. The zero-order chi connectivity index (χ0) is 23.8. The van der Waals surface area contributed by atoms with E-state index in [9.17, 15) is 22.8 Å². The van der Waals surface area contributed by atoms with E-state index in [0.717, 1.165) is 28.3 Å². The van der Waals surface area contributed by atoms with E-state index in [1.54, 1.807) is 18.3 Å². The molecular formula is C22H20F3N5O2S. The minimum atomic E-state index is -4.57. The van der Waals surface area contributed by atoms with Crippen LogP contribution in [0.4, 0.5) is 24.8 Å². The van der Waals surface area contributed by atoms with Crippen LogP contribution in [0, 0.1) is 6.92 Å². The van der Waals surface area contributed by atoms with Gasteiger partial charge in [0, 0.05) is 30.9 Å². The number of nitrogens with one attached hydrogen (secondary N) is 1. The van der Waals surface area contributed by atoms with Gasteiger partial charge >= 0.3 is 6.18 Å². The van der Waals surface area contributed by atoms with Gasteiger partial charge < -0.3 is 11.1 Å². The van der Waals surface area contributed by atoms with Crippen LogP contribution in [0.2, 0.25) is 0 Å². The van der Waals surface area contributed by atoms with Crippen molar-refractivity contribution in [1.29, 1.82) is 0 Å². The summed E-state index contributed by atoms with van der Waals surface area (Å²) in [6.07, 6.45) is -0.650. The molecule has 1 amide bonds. The number of benzene rings is 1. The van der Waals surface area contributed by atoms with Crippen molar-refractivity contribution < 1.29 is 22.8 Å². The molecule has 11 heteroatoms. The molecule has 1 saturated carbocycles. The van der Waals surface area contributed by atoms with Gasteiger partial charge in [0.2, 0.25) is 11.9 Å². The number of ketones is 1. The first-order chi connectivity index (χ1) is 15.6. The molecule has 1 aliphatic carbocycles. The van der Waals surface area contributed by atoms with Gasteiger partial charge in [-0.2, -0.15) is 13.2 Å². The van der Waals surface area contributed by atoms with Gasteiger partial charge in [-0.25, -0.2) is 15.0 Å². The average molecular weight is 475 g/mol. The highest BCUT2D eigenvalue weighted by Crippen LogP contribution is 2.42. The minimum absolute atomic E-state index is 0.106. The molecule has 0 saturated heterocycles. The maximum absolute atomic E-state index is 12.9. The number of amides is 1. The molecule has 2 aromatic heterocycles. The van der Waals surface area contributed by atoms with E-state index in [4.69, 9.17) is 5.73 Å². The third kappa shape index (κ3) is 4.72. The largest absolute Gasteiger partial charge is 0.433 e. The number of nitrogens with two attached hydrogens (primary N) is 1. The van der Waals surface area contributed by atoms with E-state index in [2.05, 4.69) is 20.3 Å². The van der Waals surface area contributed by atoms with Gasteiger partial charge in [-0.05, 0) is 49.1 Å². The molecule has 7 nitrogen and oxygen atoms in total. The number of aromatic nitrogens is 3. The summed E-state index contributed by atoms with van der Waals surface area (Å²) in [4.78, 5) is 36.6. The van der Waals surface area contributed by atoms with Crippen molar-refractivity contribution in [3.63, 3.8) is 0 Å². The first-order valence-corrected chi connectivity index (χ1v) is 11.0. The molecule has 1 aliphatic rings. The number of nitrogens with zero attached hydrogens (tertiary/aromatic N) is 3. The Morgan fingerprint density at radius 2 is 1.91 bits per heavy atom. The molecule has 0 bridgehead atoms. The van der Waals surface area contributed by atoms with E-state index < -0.39 is 23.2 Å². The summed E-state index contributed by atoms with van der Waals surface area (Å²) in [5.74, 6) is -0.565. The van der Waals surface area contributed by atoms with Crippen molar-refractivity contribution in [3.05, 3.63) is 52.9 Å². The molecular weight excluding hydrogens is 455 g/mol. The van der Waals surface area contributed by atoms with E-state index in [1.165, 1.54) is 11.3 Å². The maximum Gasteiger partial charge on any atom is 0.433 e. The predicted molar refractivity (Wildman–Crippen MR) is 117 cm³/mol. The van der Waals surface area contributed by atoms with E-state index >= 15 is 0 Å². The van der Waals surface area contributed by atoms with Gasteiger partial charge in [0.1, 0.15) is 21.9 Å². The monoisotopic (exact) mass is 475 g/mol. The number of rotatable bonds is 5. The smallest absolute Gasteiger partial charge is 0.369 e. The highest BCUT2D eigenvalue weighted by atomic mass is 32.1. The number of primary amides is 1. The summed E-state index contributed by atoms with van der Waals surface area (Å²) in [6, 6.07) is 6.21. The Balaban J connectivity index is 1.63. The Morgan fingerprint density at radius 3 is 2.58 bits per heavy atom. The highest BCUT2D eigenvalue weighted by Gasteiger charge is 2.44. The lowest BCUT2D eigenvalue weighted by molar-refractivity contribution is -0.141. The summed E-state index contributed by atoms with van der Waals surface area (Å²) < 4.78 is 38.8. The van der Waals surface area contributed by atoms with Crippen LogP contribution in [0.25, 0.3) is 10.4 Å². The molecule has 0 spiro atoms. The second-order valence-electron chi connectivity index (χ2n) is 7.99. The number of thiazole rings is 1. The van der Waals surface area contributed by atoms with Crippen LogP contribution in [-0.4, -0.2) is 26.6 Å². The Labute approximate surface area is 191 Å². The molecule has 1 aromatic carbocycles. The molecule has 2 heterocycles. The van der Waals surface area contributed by atoms with Crippen molar-refractivity contribution in [2.45, 2.75) is 44.2 Å². The first-order valence-electron chi connectivity index (χ1n) is 10.1. The molecule has 3 aromatic rings. The Morgan fingerprint density at radius 1 is 1.18 bits per heavy atom. The first kappa shape index (κ1) is 22.8. The van der Waals surface area contributed by atoms with Gasteiger partial charge in [0.15, 0.2) is 0 Å². The summed E-state index contributed by atoms with van der Waals surface area (Å²) >= 11 is 1.32. The molecule has 0 radical (unpaired) electrons. The summed E-state index contributed by atoms with van der Waals surface area (Å²) in [7, 11) is 0. The zero-order valence-corrected chi connectivity index (χ0v) is 18.4. The lowest BCUT2D eigenvalue weighted by atomic mass is 9.73. The molecule has 0 unspecified atom stereocenters. The van der Waals surface area contributed by atoms with Crippen LogP contribution >= 0.6 is 11.3 Å². The van der Waals surface area contributed by atoms with Crippen molar-refractivity contribution in [2.75, 3.05) is 5.32 Å². The molecule has 1 fully saturated rings. The van der Waals surface area contributed by atoms with Gasteiger partial charge in [0.25, 0.3) is 0 Å². The third-order valence-electron chi connectivity index (χ3n) is 5.61. The fraction of sp³-hybridized carbons (Fsp3) is 0.318. The number of alkyl halides is 3. The van der Waals surface area contributed by atoms with E-state index in [0.29, 0.717) is 23.5 Å². The second kappa shape index (κ2) is 8.54. The van der Waals surface area contributed by atoms with Crippen LogP contribution in [0.1, 0.15) is 41.9 Å². The predicted octanol–water partition coefficient (Wildman–Crippen LogP) is 4.54. The number of halogens is 3. The molecule has 0 atom stereocenters. The molecule has 33 heavy (non-hydrogen) atoms. The number of hydrogen-bond donors (Lipinski definition) is 2. The Kier molecular flexibility index (Phi) is 5.91. The van der Waals surface area contributed by atoms with Crippen molar-refractivity contribution in [1.82, 2.24) is 15.0 Å². The van der Waals surface area contributed by atoms with Gasteiger partial charge in [-0.1, -0.05) is 6.07 Å². The van der Waals surface area contributed by atoms with Crippen molar-refractivity contribution in [2.24, 2.45) is 5.73 Å². The van der Waals surface area contributed by atoms with Gasteiger partial charge in [-0.15, -0.1) is 11.3 Å². The second-order valence-corrected chi connectivity index (χ2v) is 9.02. The summed E-state index contributed by atoms with van der Waals surface area (Å²) in [5, 5.41) is 3.38. The third-order valence-corrected chi connectivity index (χ3v) is 6.86. The number of aryl methyl sites for hydroxylation is 1. The SMILES string of the molecule is Cc1cc(Nc2nccc(C(F)(F)F)n2)cc(-c2cnc(C3(C(N)=O)CCC(=O)CC3)s2)c1. The van der Waals surface area contributed by atoms with Crippen LogP contribution < -0.4 is 11.1 Å². The minimum Gasteiger partial charge on any atom is -0.369 e. The maximum atomic E-state index is 12.9. The van der Waals surface area contributed by atoms with Crippen molar-refractivity contribution >= 4 is 34.7 Å². The van der Waals surface area contributed by atoms with Gasteiger partial charge in [0.05, 0.1) is 4.88 Å². The van der Waals surface area contributed by atoms with Crippen LogP contribution in [-0.2, 0) is 21.2 Å². The average Bonchev–Trinajstić information content (AvgIpc) is 3.24. The Bertz CT molecular complexity index is 1210. The van der Waals surface area contributed by atoms with Crippen LogP contribution in [0.15, 0.2) is 36.7 Å². The molecule has 0 aliphatic heterocycles. The van der Waals surface area contributed by atoms with Crippen molar-refractivity contribution in [3.8, 4) is 10.4 Å². The van der Waals surface area contributed by atoms with Gasteiger partial charge in [-0.3, -0.25) is 9.59 Å². The summed E-state index contributed by atoms with van der Waals surface area (Å²) in [5.41, 5.74) is 5.84. The zero-order valence-electron chi connectivity index (χ0n) is 17.6. The molecule has 4 rings (SSSR count). The standard InChI is InChI=1S/C22H20F3N5O2S/c1-12-8-13(10-14(9-12)29-20-27-7-4-17(30-20)22(23,24)25)16-11-28-19(33-16)21(18(26)32)5-2-15(31)3-6-21/h4,7-11H,2-3,5-6H2,1H3,(H2,26,32)(H,27,29,30). The number of hydrogen-bond acceptors (Lipinski definition) is 7. The van der Waals surface area contributed by atoms with Crippen LogP contribution in [0.3, 0.4) is 0 Å². The molecule has 3 N–H and O–H groups in total. The quantitative estimate of drug-likeness (QED) is 0.561. The normalized spacial score (nSPS) is 15.9. The number of anilines is 2. The number of carbonyl (C=O) groups is 2. The fourth-order valence-electron chi connectivity index (χ4n) is 3.85. The van der Waals surface area contributed by atoms with E-state index in [1.807, 2.05) is 13.0 Å². The summed E-state index contributed by atoms with van der Waals surface area (Å²) in [6.45, 7) is 1.85.